The Morgan fingerprint density at radius 3 is 2.42 bits per heavy atom. The summed E-state index contributed by atoms with van der Waals surface area (Å²) in [6, 6.07) is 5.67. The number of nitrogens with one attached hydrogen (secondary N) is 3. The van der Waals surface area contributed by atoms with E-state index in [4.69, 9.17) is 9.47 Å². The number of halogens is 1. The number of hydrazine groups is 1. The minimum atomic E-state index is -1.02. The lowest BCUT2D eigenvalue weighted by molar-refractivity contribution is -0.132. The van der Waals surface area contributed by atoms with Crippen LogP contribution in [0.5, 0.6) is 5.75 Å². The summed E-state index contributed by atoms with van der Waals surface area (Å²) in [4.78, 5) is 34.9. The molecule has 0 aliphatic heterocycles. The molecule has 0 saturated heterocycles. The van der Waals surface area contributed by atoms with Crippen LogP contribution in [0.4, 0.5) is 9.18 Å². The van der Waals surface area contributed by atoms with Crippen LogP contribution in [0.25, 0.3) is 0 Å². The number of amides is 3. The summed E-state index contributed by atoms with van der Waals surface area (Å²) in [5.41, 5.74) is 3.72. The van der Waals surface area contributed by atoms with Gasteiger partial charge in [0.1, 0.15) is 5.60 Å². The number of carbonyl (C=O) groups is 3. The highest BCUT2D eigenvalue weighted by molar-refractivity contribution is 5.84. The molecule has 3 amide bonds. The molecule has 1 aromatic rings. The quantitative estimate of drug-likeness (QED) is 0.661. The van der Waals surface area contributed by atoms with Gasteiger partial charge >= 0.3 is 6.09 Å². The number of hydrogen-bond donors (Lipinski definition) is 3. The predicted octanol–water partition coefficient (Wildman–Crippen LogP) is 1.66. The lowest BCUT2D eigenvalue weighted by atomic mass is 10.2. The second-order valence-corrected chi connectivity index (χ2v) is 6.41. The van der Waals surface area contributed by atoms with Crippen LogP contribution in [-0.2, 0) is 14.3 Å². The molecule has 1 rings (SSSR count). The maximum absolute atomic E-state index is 13.5. The molecular formula is C17H24FN3O5. The van der Waals surface area contributed by atoms with Crippen molar-refractivity contribution in [2.45, 2.75) is 45.8 Å². The van der Waals surface area contributed by atoms with Gasteiger partial charge in [0.15, 0.2) is 17.7 Å². The first-order valence-electron chi connectivity index (χ1n) is 8.05. The molecule has 0 aromatic heterocycles. The summed E-state index contributed by atoms with van der Waals surface area (Å²) >= 11 is 0. The lowest BCUT2D eigenvalue weighted by Gasteiger charge is -2.19. The first-order valence-corrected chi connectivity index (χ1v) is 8.05. The van der Waals surface area contributed by atoms with E-state index < -0.39 is 35.4 Å². The van der Waals surface area contributed by atoms with Crippen molar-refractivity contribution >= 4 is 17.9 Å². The smallest absolute Gasteiger partial charge is 0.407 e. The van der Waals surface area contributed by atoms with Crippen LogP contribution in [0.15, 0.2) is 24.3 Å². The van der Waals surface area contributed by atoms with Crippen molar-refractivity contribution in [1.29, 1.82) is 0 Å². The van der Waals surface area contributed by atoms with Crippen molar-refractivity contribution in [3.63, 3.8) is 0 Å². The van der Waals surface area contributed by atoms with E-state index in [0.717, 1.165) is 0 Å². The second kappa shape index (κ2) is 9.59. The maximum Gasteiger partial charge on any atom is 0.407 e. The van der Waals surface area contributed by atoms with Crippen LogP contribution in [0.1, 0.15) is 34.1 Å². The minimum Gasteiger partial charge on any atom is -0.478 e. The molecule has 0 fully saturated rings. The van der Waals surface area contributed by atoms with Crippen LogP contribution in [0.3, 0.4) is 0 Å². The van der Waals surface area contributed by atoms with Crippen LogP contribution >= 0.6 is 0 Å². The third kappa shape index (κ3) is 8.32. The van der Waals surface area contributed by atoms with Gasteiger partial charge in [-0.05, 0) is 39.8 Å². The molecule has 26 heavy (non-hydrogen) atoms. The Bertz CT molecular complexity index is 646. The van der Waals surface area contributed by atoms with Crippen LogP contribution in [0, 0.1) is 5.82 Å². The van der Waals surface area contributed by atoms with Gasteiger partial charge in [0, 0.05) is 13.0 Å². The number of para-hydroxylation sites is 1. The highest BCUT2D eigenvalue weighted by Gasteiger charge is 2.18. The van der Waals surface area contributed by atoms with E-state index in [1.54, 1.807) is 26.8 Å². The van der Waals surface area contributed by atoms with E-state index in [9.17, 15) is 18.8 Å². The zero-order valence-corrected chi connectivity index (χ0v) is 15.2. The molecule has 3 N–H and O–H groups in total. The molecule has 0 saturated carbocycles. The summed E-state index contributed by atoms with van der Waals surface area (Å²) in [5, 5.41) is 2.42. The Labute approximate surface area is 151 Å². The third-order valence-electron chi connectivity index (χ3n) is 2.86. The van der Waals surface area contributed by atoms with Gasteiger partial charge in [-0.25, -0.2) is 9.18 Å². The zero-order chi connectivity index (χ0) is 19.7. The molecule has 144 valence electrons. The monoisotopic (exact) mass is 369 g/mol. The van der Waals surface area contributed by atoms with Gasteiger partial charge in [0.25, 0.3) is 5.91 Å². The molecule has 1 atom stereocenters. The molecular weight excluding hydrogens is 345 g/mol. The van der Waals surface area contributed by atoms with E-state index in [-0.39, 0.29) is 18.7 Å². The van der Waals surface area contributed by atoms with Gasteiger partial charge in [-0.1, -0.05) is 12.1 Å². The number of rotatable bonds is 6. The fourth-order valence-corrected chi connectivity index (χ4v) is 1.67. The number of ether oxygens (including phenoxy) is 2. The van der Waals surface area contributed by atoms with Gasteiger partial charge in [-0.2, -0.15) is 0 Å². The Balaban J connectivity index is 2.28. The van der Waals surface area contributed by atoms with Gasteiger partial charge in [0.2, 0.25) is 5.91 Å². The standard InChI is InChI=1S/C17H24FN3O5/c1-11(25-13-8-6-5-7-12(13)18)15(23)21-20-14(22)9-10-19-16(24)26-17(2,3)4/h5-8,11H,9-10H2,1-4H3,(H,19,24)(H,20,22)(H,21,23). The first kappa shape index (κ1) is 21.2. The summed E-state index contributed by atoms with van der Waals surface area (Å²) in [7, 11) is 0. The van der Waals surface area contributed by atoms with Crippen molar-refractivity contribution in [1.82, 2.24) is 16.2 Å². The molecule has 0 aliphatic carbocycles. The molecule has 1 unspecified atom stereocenters. The number of benzene rings is 1. The van der Waals surface area contributed by atoms with Crippen molar-refractivity contribution in [2.24, 2.45) is 0 Å². The zero-order valence-electron chi connectivity index (χ0n) is 15.2. The summed E-state index contributed by atoms with van der Waals surface area (Å²) in [6.45, 7) is 6.62. The lowest BCUT2D eigenvalue weighted by Crippen LogP contribution is -2.47. The van der Waals surface area contributed by atoms with Gasteiger partial charge in [-0.3, -0.25) is 20.4 Å². The SMILES string of the molecule is CC(Oc1ccccc1F)C(=O)NNC(=O)CCNC(=O)OC(C)(C)C. The van der Waals surface area contributed by atoms with Gasteiger partial charge < -0.3 is 14.8 Å². The first-order chi connectivity index (χ1) is 12.1. The van der Waals surface area contributed by atoms with Gasteiger partial charge in [0.05, 0.1) is 0 Å². The largest absolute Gasteiger partial charge is 0.478 e. The van der Waals surface area contributed by atoms with Crippen LogP contribution < -0.4 is 20.9 Å². The molecule has 0 heterocycles. The van der Waals surface area contributed by atoms with E-state index in [0.29, 0.717) is 0 Å². The van der Waals surface area contributed by atoms with Crippen LogP contribution in [0.2, 0.25) is 0 Å². The van der Waals surface area contributed by atoms with Gasteiger partial charge in [-0.15, -0.1) is 0 Å². The van der Waals surface area contributed by atoms with E-state index in [2.05, 4.69) is 16.2 Å². The molecule has 0 aliphatic rings. The fourth-order valence-electron chi connectivity index (χ4n) is 1.67. The Morgan fingerprint density at radius 1 is 1.15 bits per heavy atom. The third-order valence-corrected chi connectivity index (χ3v) is 2.86. The molecule has 0 bridgehead atoms. The summed E-state index contributed by atoms with van der Waals surface area (Å²) in [5.74, 6) is -1.83. The molecule has 0 radical (unpaired) electrons. The molecule has 8 nitrogen and oxygen atoms in total. The average Bonchev–Trinajstić information content (AvgIpc) is 2.53. The molecule has 1 aromatic carbocycles. The summed E-state index contributed by atoms with van der Waals surface area (Å²) in [6.07, 6.45) is -1.73. The summed E-state index contributed by atoms with van der Waals surface area (Å²) < 4.78 is 23.7. The highest BCUT2D eigenvalue weighted by atomic mass is 19.1. The maximum atomic E-state index is 13.5. The predicted molar refractivity (Wildman–Crippen MR) is 91.6 cm³/mol. The average molecular weight is 369 g/mol. The number of hydrogen-bond acceptors (Lipinski definition) is 5. The van der Waals surface area contributed by atoms with Crippen molar-refractivity contribution in [3.8, 4) is 5.75 Å². The highest BCUT2D eigenvalue weighted by Crippen LogP contribution is 2.16. The number of carbonyl (C=O) groups excluding carboxylic acids is 3. The van der Waals surface area contributed by atoms with Crippen molar-refractivity contribution < 1.29 is 28.2 Å². The second-order valence-electron chi connectivity index (χ2n) is 6.41. The van der Waals surface area contributed by atoms with E-state index >= 15 is 0 Å². The van der Waals surface area contributed by atoms with E-state index in [1.165, 1.54) is 25.1 Å². The number of alkyl carbamates (subject to hydrolysis) is 1. The van der Waals surface area contributed by atoms with E-state index in [1.807, 2.05) is 0 Å². The Hall–Kier alpha value is -2.84. The Kier molecular flexibility index (Phi) is 7.82. The minimum absolute atomic E-state index is 0.0396. The molecule has 0 spiro atoms. The topological polar surface area (TPSA) is 106 Å². The van der Waals surface area contributed by atoms with Crippen molar-refractivity contribution in [2.75, 3.05) is 6.54 Å². The Morgan fingerprint density at radius 2 is 1.81 bits per heavy atom. The fraction of sp³-hybridized carbons (Fsp3) is 0.471. The van der Waals surface area contributed by atoms with Crippen molar-refractivity contribution in [3.05, 3.63) is 30.1 Å². The molecule has 9 heteroatoms. The van der Waals surface area contributed by atoms with Crippen LogP contribution in [-0.4, -0.2) is 36.2 Å². The normalized spacial score (nSPS) is 11.9.